The van der Waals surface area contributed by atoms with Crippen molar-refractivity contribution in [3.05, 3.63) is 52.5 Å². The molecule has 0 radical (unpaired) electrons. The highest BCUT2D eigenvalue weighted by Gasteiger charge is 2.28. The van der Waals surface area contributed by atoms with E-state index < -0.39 is 0 Å². The standard InChI is InChI=1S/C23H30N6O/c1-23(2,3)15-25-29(21-18-7-6-8-19(18)26-20(13-24)27-21)22(30)17-11-9-16(10-12-17)14-28(4)5/h9-12,25H,6-8,14-15H2,1-5H3. The van der Waals surface area contributed by atoms with Crippen LogP contribution in [0.3, 0.4) is 0 Å². The first-order valence-electron chi connectivity index (χ1n) is 10.3. The highest BCUT2D eigenvalue weighted by Crippen LogP contribution is 2.29. The van der Waals surface area contributed by atoms with Crippen LogP contribution in [0.4, 0.5) is 5.82 Å². The fourth-order valence-electron chi connectivity index (χ4n) is 3.45. The SMILES string of the molecule is CN(C)Cc1ccc(C(=O)N(NCC(C)(C)C)c2nc(C#N)nc3c2CCC3)cc1. The van der Waals surface area contributed by atoms with Gasteiger partial charge in [0.05, 0.1) is 5.69 Å². The molecule has 3 rings (SSSR count). The Labute approximate surface area is 178 Å². The molecule has 1 aliphatic carbocycles. The monoisotopic (exact) mass is 406 g/mol. The second kappa shape index (κ2) is 8.90. The third kappa shape index (κ3) is 5.21. The van der Waals surface area contributed by atoms with Gasteiger partial charge in [-0.3, -0.25) is 4.79 Å². The first-order chi connectivity index (χ1) is 14.2. The number of nitriles is 1. The van der Waals surface area contributed by atoms with E-state index in [-0.39, 0.29) is 17.1 Å². The first kappa shape index (κ1) is 21.9. The van der Waals surface area contributed by atoms with Crippen LogP contribution in [0.5, 0.6) is 0 Å². The van der Waals surface area contributed by atoms with Crippen LogP contribution in [0.15, 0.2) is 24.3 Å². The van der Waals surface area contributed by atoms with Crippen LogP contribution in [-0.2, 0) is 19.4 Å². The number of rotatable bonds is 6. The quantitative estimate of drug-likeness (QED) is 0.742. The number of benzene rings is 1. The number of nitrogens with zero attached hydrogens (tertiary/aromatic N) is 5. The van der Waals surface area contributed by atoms with Crippen LogP contribution in [-0.4, -0.2) is 41.4 Å². The van der Waals surface area contributed by atoms with Crippen molar-refractivity contribution in [2.75, 3.05) is 25.6 Å². The van der Waals surface area contributed by atoms with Gasteiger partial charge in [-0.2, -0.15) is 10.2 Å². The molecule has 0 saturated heterocycles. The van der Waals surface area contributed by atoms with E-state index in [1.165, 1.54) is 5.01 Å². The van der Waals surface area contributed by atoms with Gasteiger partial charge in [-0.05, 0) is 56.5 Å². The zero-order valence-electron chi connectivity index (χ0n) is 18.5. The molecule has 7 nitrogen and oxygen atoms in total. The highest BCUT2D eigenvalue weighted by atomic mass is 16.2. The summed E-state index contributed by atoms with van der Waals surface area (Å²) in [6.07, 6.45) is 2.56. The second-order valence-electron chi connectivity index (χ2n) is 9.23. The van der Waals surface area contributed by atoms with E-state index in [1.807, 2.05) is 44.4 Å². The fraction of sp³-hybridized carbons (Fsp3) is 0.478. The summed E-state index contributed by atoms with van der Waals surface area (Å²) in [6.45, 7) is 7.70. The van der Waals surface area contributed by atoms with Crippen molar-refractivity contribution in [3.8, 4) is 6.07 Å². The van der Waals surface area contributed by atoms with Gasteiger partial charge in [0.25, 0.3) is 5.91 Å². The number of fused-ring (bicyclic) bond motifs is 1. The number of carbonyl (C=O) groups excluding carboxylic acids is 1. The Bertz CT molecular complexity index is 953. The Hall–Kier alpha value is -2.82. The number of aryl methyl sites for hydroxylation is 1. The van der Waals surface area contributed by atoms with E-state index in [4.69, 9.17) is 0 Å². The number of aromatic nitrogens is 2. The number of hydrogen-bond donors (Lipinski definition) is 1. The average Bonchev–Trinajstić information content (AvgIpc) is 3.15. The van der Waals surface area contributed by atoms with Crippen LogP contribution in [0, 0.1) is 16.7 Å². The van der Waals surface area contributed by atoms with Crippen molar-refractivity contribution in [1.82, 2.24) is 20.3 Å². The van der Waals surface area contributed by atoms with Crippen molar-refractivity contribution in [2.45, 2.75) is 46.6 Å². The van der Waals surface area contributed by atoms with Crippen LogP contribution in [0.2, 0.25) is 0 Å². The third-order valence-corrected chi connectivity index (χ3v) is 4.89. The molecule has 0 aliphatic heterocycles. The lowest BCUT2D eigenvalue weighted by Gasteiger charge is -2.28. The number of hydrazine groups is 1. The molecule has 0 saturated carbocycles. The lowest BCUT2D eigenvalue weighted by Crippen LogP contribution is -2.47. The largest absolute Gasteiger partial charge is 0.305 e. The molecule has 30 heavy (non-hydrogen) atoms. The predicted molar refractivity (Wildman–Crippen MR) is 117 cm³/mol. The molecule has 0 atom stereocenters. The topological polar surface area (TPSA) is 85.2 Å². The summed E-state index contributed by atoms with van der Waals surface area (Å²) in [6, 6.07) is 9.67. The molecule has 0 bridgehead atoms. The molecule has 0 fully saturated rings. The van der Waals surface area contributed by atoms with Crippen LogP contribution in [0.25, 0.3) is 0 Å². The molecule has 1 heterocycles. The Morgan fingerprint density at radius 3 is 2.47 bits per heavy atom. The molecule has 158 valence electrons. The molecular formula is C23H30N6O. The van der Waals surface area contributed by atoms with E-state index in [0.29, 0.717) is 17.9 Å². The van der Waals surface area contributed by atoms with Gasteiger partial charge in [-0.1, -0.05) is 32.9 Å². The van der Waals surface area contributed by atoms with Crippen LogP contribution in [0.1, 0.15) is 60.2 Å². The predicted octanol–water partition coefficient (Wildman–Crippen LogP) is 3.10. The molecule has 1 amide bonds. The van der Waals surface area contributed by atoms with Crippen molar-refractivity contribution in [2.24, 2.45) is 5.41 Å². The number of carbonyl (C=O) groups is 1. The maximum absolute atomic E-state index is 13.5. The Morgan fingerprint density at radius 1 is 1.17 bits per heavy atom. The zero-order valence-corrected chi connectivity index (χ0v) is 18.5. The lowest BCUT2D eigenvalue weighted by atomic mass is 9.97. The zero-order chi connectivity index (χ0) is 21.9. The number of hydrogen-bond acceptors (Lipinski definition) is 6. The van der Waals surface area contributed by atoms with Crippen molar-refractivity contribution >= 4 is 11.7 Å². The second-order valence-corrected chi connectivity index (χ2v) is 9.23. The smallest absolute Gasteiger partial charge is 0.274 e. The van der Waals surface area contributed by atoms with Gasteiger partial charge >= 0.3 is 0 Å². The molecule has 2 aromatic rings. The molecule has 1 N–H and O–H groups in total. The van der Waals surface area contributed by atoms with Gasteiger partial charge in [-0.15, -0.1) is 0 Å². The van der Waals surface area contributed by atoms with Crippen molar-refractivity contribution in [1.29, 1.82) is 5.26 Å². The van der Waals surface area contributed by atoms with Gasteiger partial charge in [0, 0.05) is 24.2 Å². The van der Waals surface area contributed by atoms with Crippen molar-refractivity contribution < 1.29 is 4.79 Å². The van der Waals surface area contributed by atoms with Crippen LogP contribution < -0.4 is 10.4 Å². The van der Waals surface area contributed by atoms with E-state index in [2.05, 4.69) is 41.1 Å². The molecular weight excluding hydrogens is 376 g/mol. The summed E-state index contributed by atoms with van der Waals surface area (Å²) in [4.78, 5) is 24.4. The van der Waals surface area contributed by atoms with Gasteiger partial charge in [0.2, 0.25) is 5.82 Å². The molecule has 0 unspecified atom stereocenters. The minimum absolute atomic E-state index is 0.0393. The van der Waals surface area contributed by atoms with Crippen molar-refractivity contribution in [3.63, 3.8) is 0 Å². The minimum atomic E-state index is -0.188. The summed E-state index contributed by atoms with van der Waals surface area (Å²) in [5, 5.41) is 10.9. The molecule has 7 heteroatoms. The van der Waals surface area contributed by atoms with Gasteiger partial charge in [-0.25, -0.2) is 15.4 Å². The summed E-state index contributed by atoms with van der Waals surface area (Å²) in [5.41, 5.74) is 6.77. The van der Waals surface area contributed by atoms with Gasteiger partial charge in [0.1, 0.15) is 6.07 Å². The molecule has 1 aliphatic rings. The number of nitrogens with one attached hydrogen (secondary N) is 1. The summed E-state index contributed by atoms with van der Waals surface area (Å²) in [7, 11) is 4.03. The highest BCUT2D eigenvalue weighted by molar-refractivity contribution is 6.05. The van der Waals surface area contributed by atoms with Gasteiger partial charge in [0.15, 0.2) is 5.82 Å². The van der Waals surface area contributed by atoms with E-state index in [0.717, 1.165) is 42.6 Å². The van der Waals surface area contributed by atoms with E-state index in [9.17, 15) is 10.1 Å². The number of amides is 1. The molecule has 1 aromatic heterocycles. The normalized spacial score (nSPS) is 13.2. The summed E-state index contributed by atoms with van der Waals surface area (Å²) >= 11 is 0. The summed E-state index contributed by atoms with van der Waals surface area (Å²) < 4.78 is 0. The molecule has 1 aromatic carbocycles. The first-order valence-corrected chi connectivity index (χ1v) is 10.3. The Kier molecular flexibility index (Phi) is 6.49. The number of anilines is 1. The van der Waals surface area contributed by atoms with Gasteiger partial charge < -0.3 is 4.90 Å². The third-order valence-electron chi connectivity index (χ3n) is 4.89. The minimum Gasteiger partial charge on any atom is -0.305 e. The molecule has 0 spiro atoms. The lowest BCUT2D eigenvalue weighted by molar-refractivity contribution is 0.0969. The average molecular weight is 407 g/mol. The maximum Gasteiger partial charge on any atom is 0.274 e. The fourth-order valence-corrected chi connectivity index (χ4v) is 3.45. The Balaban J connectivity index is 1.98. The van der Waals surface area contributed by atoms with Crippen LogP contribution >= 0.6 is 0 Å². The van der Waals surface area contributed by atoms with E-state index >= 15 is 0 Å². The Morgan fingerprint density at radius 2 is 1.87 bits per heavy atom. The summed E-state index contributed by atoms with van der Waals surface area (Å²) in [5.74, 6) is 0.412. The maximum atomic E-state index is 13.5. The van der Waals surface area contributed by atoms with E-state index in [1.54, 1.807) is 0 Å².